The van der Waals surface area contributed by atoms with Gasteiger partial charge < -0.3 is 5.32 Å². The number of carbonyl (C=O) groups is 1. The Balaban J connectivity index is 3.19. The average molecular weight is 205 g/mol. The van der Waals surface area contributed by atoms with Gasteiger partial charge in [0.05, 0.1) is 6.07 Å². The summed E-state index contributed by atoms with van der Waals surface area (Å²) in [6, 6.07) is 1.83. The summed E-state index contributed by atoms with van der Waals surface area (Å²) in [7, 11) is 0. The molecule has 56 valence electrons. The number of nitrogens with one attached hydrogen (secondary N) is 1. The normalized spacial score (nSPS) is 8.40. The predicted octanol–water partition coefficient (Wildman–Crippen LogP) is 0.801. The fourth-order valence-corrected chi connectivity index (χ4v) is 0.734. The van der Waals surface area contributed by atoms with E-state index in [0.29, 0.717) is 6.42 Å². The van der Waals surface area contributed by atoms with Gasteiger partial charge in [-0.25, -0.2) is 0 Å². The van der Waals surface area contributed by atoms with Crippen molar-refractivity contribution < 1.29 is 4.79 Å². The van der Waals surface area contributed by atoms with E-state index >= 15 is 0 Å². The van der Waals surface area contributed by atoms with Crippen LogP contribution in [0.25, 0.3) is 0 Å². The van der Waals surface area contributed by atoms with E-state index in [0.717, 1.165) is 11.8 Å². The number of nitriles is 1. The molecule has 0 heterocycles. The number of nitrogens with zero attached hydrogens (tertiary/aromatic N) is 1. The van der Waals surface area contributed by atoms with E-state index in [-0.39, 0.29) is 12.5 Å². The summed E-state index contributed by atoms with van der Waals surface area (Å²) in [5, 5.41) is 11.3. The van der Waals surface area contributed by atoms with Gasteiger partial charge in [-0.3, -0.25) is 4.79 Å². The number of halogens is 1. The summed E-state index contributed by atoms with van der Waals surface area (Å²) in [6.45, 7) is 0.112. The Morgan fingerprint density at radius 3 is 2.90 bits per heavy atom. The maximum absolute atomic E-state index is 10.7. The highest BCUT2D eigenvalue weighted by Crippen LogP contribution is 1.92. The van der Waals surface area contributed by atoms with Crippen molar-refractivity contribution in [1.29, 1.82) is 5.26 Å². The van der Waals surface area contributed by atoms with Gasteiger partial charge in [-0.15, -0.1) is 0 Å². The molecule has 0 unspecified atom stereocenters. The molecule has 0 bridgehead atoms. The van der Waals surface area contributed by atoms with E-state index in [1.807, 2.05) is 6.07 Å². The highest BCUT2D eigenvalue weighted by molar-refractivity contribution is 9.09. The number of hydrogen-bond acceptors (Lipinski definition) is 2. The van der Waals surface area contributed by atoms with E-state index in [1.54, 1.807) is 0 Å². The Bertz CT molecular complexity index is 141. The molecule has 0 saturated heterocycles. The van der Waals surface area contributed by atoms with Crippen molar-refractivity contribution in [3.8, 4) is 6.07 Å². The van der Waals surface area contributed by atoms with Crippen LogP contribution in [0.1, 0.15) is 12.8 Å². The first-order valence-corrected chi connectivity index (χ1v) is 4.13. The molecule has 0 aromatic carbocycles. The molecule has 0 radical (unpaired) electrons. The fourth-order valence-electron chi connectivity index (χ4n) is 0.454. The monoisotopic (exact) mass is 204 g/mol. The summed E-state index contributed by atoms with van der Waals surface area (Å²) < 4.78 is 0. The lowest BCUT2D eigenvalue weighted by atomic mass is 10.3. The summed E-state index contributed by atoms with van der Waals surface area (Å²) in [4.78, 5) is 10.7. The number of rotatable bonds is 4. The second-order valence-electron chi connectivity index (χ2n) is 1.73. The van der Waals surface area contributed by atoms with Gasteiger partial charge in [0.15, 0.2) is 0 Å². The number of alkyl halides is 1. The molecule has 0 atom stereocenters. The lowest BCUT2D eigenvalue weighted by Gasteiger charge is -1.96. The first-order valence-electron chi connectivity index (χ1n) is 3.01. The number of carbonyl (C=O) groups excluding carboxylic acids is 1. The topological polar surface area (TPSA) is 52.9 Å². The zero-order valence-corrected chi connectivity index (χ0v) is 7.15. The SMILES string of the molecule is N#CCNC(=O)CCCBr. The summed E-state index contributed by atoms with van der Waals surface area (Å²) in [5.41, 5.74) is 0. The molecule has 0 spiro atoms. The van der Waals surface area contributed by atoms with Crippen LogP contribution in [0, 0.1) is 11.3 Å². The lowest BCUT2D eigenvalue weighted by Crippen LogP contribution is -2.22. The van der Waals surface area contributed by atoms with E-state index in [2.05, 4.69) is 21.2 Å². The van der Waals surface area contributed by atoms with Crippen LogP contribution in [0.5, 0.6) is 0 Å². The van der Waals surface area contributed by atoms with E-state index in [4.69, 9.17) is 5.26 Å². The molecule has 1 N–H and O–H groups in total. The van der Waals surface area contributed by atoms with E-state index in [9.17, 15) is 4.79 Å². The Hall–Kier alpha value is -0.560. The molecule has 3 nitrogen and oxygen atoms in total. The van der Waals surface area contributed by atoms with Gasteiger partial charge in [0, 0.05) is 11.8 Å². The van der Waals surface area contributed by atoms with Crippen LogP contribution >= 0.6 is 15.9 Å². The highest BCUT2D eigenvalue weighted by Gasteiger charge is 1.96. The van der Waals surface area contributed by atoms with Crippen molar-refractivity contribution in [2.75, 3.05) is 11.9 Å². The zero-order chi connectivity index (χ0) is 7.82. The van der Waals surface area contributed by atoms with Gasteiger partial charge in [0.2, 0.25) is 5.91 Å². The van der Waals surface area contributed by atoms with Gasteiger partial charge in [-0.05, 0) is 6.42 Å². The molecule has 1 amide bonds. The van der Waals surface area contributed by atoms with E-state index < -0.39 is 0 Å². The first kappa shape index (κ1) is 9.44. The first-order chi connectivity index (χ1) is 4.81. The number of hydrogen-bond donors (Lipinski definition) is 1. The van der Waals surface area contributed by atoms with Crippen LogP contribution in [0.4, 0.5) is 0 Å². The van der Waals surface area contributed by atoms with Crippen molar-refractivity contribution in [1.82, 2.24) is 5.32 Å². The molecular weight excluding hydrogens is 196 g/mol. The predicted molar refractivity (Wildman–Crippen MR) is 41.7 cm³/mol. The van der Waals surface area contributed by atoms with Crippen LogP contribution in [0.2, 0.25) is 0 Å². The lowest BCUT2D eigenvalue weighted by molar-refractivity contribution is -0.120. The molecular formula is C6H9BrN2O. The van der Waals surface area contributed by atoms with Crippen LogP contribution in [0.15, 0.2) is 0 Å². The molecule has 0 rings (SSSR count). The molecule has 10 heavy (non-hydrogen) atoms. The van der Waals surface area contributed by atoms with Crippen molar-refractivity contribution in [3.05, 3.63) is 0 Å². The Labute approximate surface area is 68.5 Å². The minimum atomic E-state index is -0.0546. The van der Waals surface area contributed by atoms with Gasteiger partial charge in [0.1, 0.15) is 6.54 Å². The minimum Gasteiger partial charge on any atom is -0.343 e. The summed E-state index contributed by atoms with van der Waals surface area (Å²) >= 11 is 3.20. The van der Waals surface area contributed by atoms with Crippen molar-refractivity contribution >= 4 is 21.8 Å². The van der Waals surface area contributed by atoms with Gasteiger partial charge >= 0.3 is 0 Å². The van der Waals surface area contributed by atoms with Crippen LogP contribution in [-0.2, 0) is 4.79 Å². The Morgan fingerprint density at radius 1 is 1.70 bits per heavy atom. The molecule has 4 heteroatoms. The smallest absolute Gasteiger partial charge is 0.220 e. The molecule has 0 aromatic heterocycles. The van der Waals surface area contributed by atoms with Gasteiger partial charge in [-0.1, -0.05) is 15.9 Å². The highest BCUT2D eigenvalue weighted by atomic mass is 79.9. The standard InChI is InChI=1S/C6H9BrN2O/c7-3-1-2-6(10)9-5-4-8/h1-3,5H2,(H,9,10). The molecule has 0 aromatic rings. The van der Waals surface area contributed by atoms with Crippen LogP contribution < -0.4 is 5.32 Å². The average Bonchev–Trinajstić information content (AvgIpc) is 1.97. The molecule has 0 saturated carbocycles. The largest absolute Gasteiger partial charge is 0.343 e. The summed E-state index contributed by atoms with van der Waals surface area (Å²) in [6.07, 6.45) is 1.31. The van der Waals surface area contributed by atoms with E-state index in [1.165, 1.54) is 0 Å². The maximum Gasteiger partial charge on any atom is 0.220 e. The van der Waals surface area contributed by atoms with Crippen molar-refractivity contribution in [2.45, 2.75) is 12.8 Å². The van der Waals surface area contributed by atoms with Crippen LogP contribution in [0.3, 0.4) is 0 Å². The third-order valence-corrected chi connectivity index (χ3v) is 1.46. The van der Waals surface area contributed by atoms with Crippen molar-refractivity contribution in [3.63, 3.8) is 0 Å². The minimum absolute atomic E-state index is 0.0546. The Kier molecular flexibility index (Phi) is 6.19. The molecule has 0 aliphatic carbocycles. The Morgan fingerprint density at radius 2 is 2.40 bits per heavy atom. The third kappa shape index (κ3) is 5.57. The number of amides is 1. The molecule has 0 aliphatic heterocycles. The molecule has 0 fully saturated rings. The zero-order valence-electron chi connectivity index (χ0n) is 5.56. The van der Waals surface area contributed by atoms with Crippen LogP contribution in [-0.4, -0.2) is 17.8 Å². The third-order valence-electron chi connectivity index (χ3n) is 0.902. The summed E-state index contributed by atoms with van der Waals surface area (Å²) in [5.74, 6) is -0.0546. The fraction of sp³-hybridized carbons (Fsp3) is 0.667. The maximum atomic E-state index is 10.7. The van der Waals surface area contributed by atoms with Gasteiger partial charge in [0.25, 0.3) is 0 Å². The quantitative estimate of drug-likeness (QED) is 0.545. The van der Waals surface area contributed by atoms with Crippen molar-refractivity contribution in [2.24, 2.45) is 0 Å². The second kappa shape index (κ2) is 6.56. The molecule has 0 aliphatic rings. The van der Waals surface area contributed by atoms with Gasteiger partial charge in [-0.2, -0.15) is 5.26 Å². The second-order valence-corrected chi connectivity index (χ2v) is 2.52.